The Hall–Kier alpha value is -1.49. The Bertz CT molecular complexity index is 608. The number of benzene rings is 1. The van der Waals surface area contributed by atoms with Crippen molar-refractivity contribution < 1.29 is 4.79 Å². The molecule has 1 unspecified atom stereocenters. The van der Waals surface area contributed by atoms with Crippen molar-refractivity contribution in [1.82, 2.24) is 4.90 Å². The Morgan fingerprint density at radius 3 is 2.64 bits per heavy atom. The minimum atomic E-state index is 0.0896. The third-order valence-electron chi connectivity index (χ3n) is 5.06. The van der Waals surface area contributed by atoms with Crippen LogP contribution in [0, 0.1) is 6.92 Å². The average molecular weight is 360 g/mol. The molecule has 1 saturated heterocycles. The fourth-order valence-corrected chi connectivity index (χ4v) is 4.91. The molecule has 2 fully saturated rings. The van der Waals surface area contributed by atoms with Crippen LogP contribution in [-0.2, 0) is 4.79 Å². The summed E-state index contributed by atoms with van der Waals surface area (Å²) >= 11 is 1.82. The molecule has 0 aromatic heterocycles. The summed E-state index contributed by atoms with van der Waals surface area (Å²) in [6, 6.07) is 8.71. The number of nitrogens with zero attached hydrogens (tertiary/aromatic N) is 2. The van der Waals surface area contributed by atoms with Crippen LogP contribution in [0.1, 0.15) is 51.0 Å². The molecule has 0 radical (unpaired) electrons. The van der Waals surface area contributed by atoms with Gasteiger partial charge in [0.1, 0.15) is 0 Å². The van der Waals surface area contributed by atoms with E-state index < -0.39 is 0 Å². The lowest BCUT2D eigenvalue weighted by Gasteiger charge is -2.26. The number of carbonyl (C=O) groups is 1. The maximum Gasteiger partial charge on any atom is 0.226 e. The molecular formula is C20H29N3OS. The van der Waals surface area contributed by atoms with Gasteiger partial charge in [0.05, 0.1) is 6.04 Å². The summed E-state index contributed by atoms with van der Waals surface area (Å²) < 4.78 is 0. The van der Waals surface area contributed by atoms with Gasteiger partial charge in [-0.1, -0.05) is 48.7 Å². The highest BCUT2D eigenvalue weighted by molar-refractivity contribution is 8.14. The van der Waals surface area contributed by atoms with E-state index in [4.69, 9.17) is 4.99 Å². The molecule has 1 aliphatic carbocycles. The maximum atomic E-state index is 12.4. The molecule has 1 aliphatic heterocycles. The second-order valence-electron chi connectivity index (χ2n) is 7.07. The van der Waals surface area contributed by atoms with Crippen molar-refractivity contribution in [3.63, 3.8) is 0 Å². The second-order valence-corrected chi connectivity index (χ2v) is 8.06. The van der Waals surface area contributed by atoms with Crippen molar-refractivity contribution in [3.8, 4) is 0 Å². The Balaban J connectivity index is 1.57. The van der Waals surface area contributed by atoms with Gasteiger partial charge in [-0.3, -0.25) is 9.79 Å². The van der Waals surface area contributed by atoms with Gasteiger partial charge < -0.3 is 10.2 Å². The van der Waals surface area contributed by atoms with Crippen molar-refractivity contribution in [3.05, 3.63) is 29.8 Å². The lowest BCUT2D eigenvalue weighted by Crippen LogP contribution is -2.37. The Kier molecular flexibility index (Phi) is 6.40. The van der Waals surface area contributed by atoms with Crippen LogP contribution in [0.2, 0.25) is 0 Å². The summed E-state index contributed by atoms with van der Waals surface area (Å²) in [5.74, 6) is 1.05. The van der Waals surface area contributed by atoms with E-state index in [0.29, 0.717) is 12.5 Å². The zero-order valence-electron chi connectivity index (χ0n) is 15.3. The number of aliphatic imine (C=N–C) groups is 1. The van der Waals surface area contributed by atoms with Gasteiger partial charge in [0.25, 0.3) is 0 Å². The molecule has 5 heteroatoms. The summed E-state index contributed by atoms with van der Waals surface area (Å²) in [6.45, 7) is 5.13. The molecule has 1 heterocycles. The number of anilines is 1. The van der Waals surface area contributed by atoms with Crippen molar-refractivity contribution >= 4 is 28.5 Å². The van der Waals surface area contributed by atoms with Crippen LogP contribution in [0.5, 0.6) is 0 Å². The molecule has 1 N–H and O–H groups in total. The topological polar surface area (TPSA) is 44.7 Å². The SMILES string of the molecule is CCN1C(=NC2CCCCC2)SCC1CC(=O)Nc1ccc(C)cc1. The largest absolute Gasteiger partial charge is 0.347 e. The van der Waals surface area contributed by atoms with E-state index in [2.05, 4.69) is 17.1 Å². The van der Waals surface area contributed by atoms with E-state index in [0.717, 1.165) is 23.2 Å². The molecule has 136 valence electrons. The first-order valence-corrected chi connectivity index (χ1v) is 10.5. The van der Waals surface area contributed by atoms with Gasteiger partial charge in [-0.15, -0.1) is 0 Å². The number of rotatable bonds is 5. The Morgan fingerprint density at radius 2 is 1.96 bits per heavy atom. The molecule has 1 amide bonds. The maximum absolute atomic E-state index is 12.4. The van der Waals surface area contributed by atoms with E-state index in [1.165, 1.54) is 37.7 Å². The summed E-state index contributed by atoms with van der Waals surface area (Å²) in [5.41, 5.74) is 2.08. The predicted molar refractivity (Wildman–Crippen MR) is 107 cm³/mol. The average Bonchev–Trinajstić information content (AvgIpc) is 2.99. The zero-order valence-corrected chi connectivity index (χ0v) is 16.1. The molecular weight excluding hydrogens is 330 g/mol. The van der Waals surface area contributed by atoms with Crippen LogP contribution in [0.3, 0.4) is 0 Å². The number of amides is 1. The minimum absolute atomic E-state index is 0.0896. The zero-order chi connectivity index (χ0) is 17.6. The summed E-state index contributed by atoms with van der Waals surface area (Å²) in [7, 11) is 0. The van der Waals surface area contributed by atoms with Crippen molar-refractivity contribution in [2.24, 2.45) is 4.99 Å². The van der Waals surface area contributed by atoms with Gasteiger partial charge >= 0.3 is 0 Å². The van der Waals surface area contributed by atoms with Crippen LogP contribution in [0.25, 0.3) is 0 Å². The number of amidine groups is 1. The first-order chi connectivity index (χ1) is 12.2. The molecule has 1 saturated carbocycles. The standard InChI is InChI=1S/C20H29N3OS/c1-3-23-18(13-19(24)21-17-11-9-15(2)10-12-17)14-25-20(23)22-16-7-5-4-6-8-16/h9-12,16,18H,3-8,13-14H2,1-2H3,(H,21,24). The first kappa shape index (κ1) is 18.3. The van der Waals surface area contributed by atoms with Gasteiger partial charge in [-0.2, -0.15) is 0 Å². The number of hydrogen-bond donors (Lipinski definition) is 1. The van der Waals surface area contributed by atoms with E-state index >= 15 is 0 Å². The normalized spacial score (nSPS) is 23.2. The van der Waals surface area contributed by atoms with Gasteiger partial charge in [-0.05, 0) is 38.8 Å². The van der Waals surface area contributed by atoms with Crippen LogP contribution in [0.15, 0.2) is 29.3 Å². The molecule has 2 aliphatic rings. The quantitative estimate of drug-likeness (QED) is 0.845. The highest BCUT2D eigenvalue weighted by Crippen LogP contribution is 2.29. The van der Waals surface area contributed by atoms with Gasteiger partial charge in [0.2, 0.25) is 5.91 Å². The Labute approximate surface area is 155 Å². The predicted octanol–water partition coefficient (Wildman–Crippen LogP) is 4.45. The molecule has 25 heavy (non-hydrogen) atoms. The summed E-state index contributed by atoms with van der Waals surface area (Å²) in [6.07, 6.45) is 6.94. The number of nitrogens with one attached hydrogen (secondary N) is 1. The smallest absolute Gasteiger partial charge is 0.226 e. The van der Waals surface area contributed by atoms with Gasteiger partial charge in [-0.25, -0.2) is 0 Å². The molecule has 0 spiro atoms. The number of hydrogen-bond acceptors (Lipinski definition) is 3. The van der Waals surface area contributed by atoms with E-state index in [9.17, 15) is 4.79 Å². The molecule has 0 bridgehead atoms. The summed E-state index contributed by atoms with van der Waals surface area (Å²) in [5, 5.41) is 4.18. The second kappa shape index (κ2) is 8.75. The highest BCUT2D eigenvalue weighted by Gasteiger charge is 2.31. The van der Waals surface area contributed by atoms with Crippen molar-refractivity contribution in [1.29, 1.82) is 0 Å². The Morgan fingerprint density at radius 1 is 1.24 bits per heavy atom. The number of thioether (sulfide) groups is 1. The third kappa shape index (κ3) is 5.00. The minimum Gasteiger partial charge on any atom is -0.347 e. The van der Waals surface area contributed by atoms with Gasteiger partial charge in [0.15, 0.2) is 5.17 Å². The molecule has 3 rings (SSSR count). The third-order valence-corrected chi connectivity index (χ3v) is 6.21. The van der Waals surface area contributed by atoms with E-state index in [1.807, 2.05) is 43.0 Å². The molecule has 1 atom stereocenters. The fraction of sp³-hybridized carbons (Fsp3) is 0.600. The molecule has 1 aromatic carbocycles. The van der Waals surface area contributed by atoms with Crippen LogP contribution in [-0.4, -0.2) is 40.4 Å². The fourth-order valence-electron chi connectivity index (χ4n) is 3.60. The van der Waals surface area contributed by atoms with Crippen molar-refractivity contribution in [2.75, 3.05) is 17.6 Å². The van der Waals surface area contributed by atoms with E-state index in [-0.39, 0.29) is 11.9 Å². The van der Waals surface area contributed by atoms with Crippen LogP contribution < -0.4 is 5.32 Å². The summed E-state index contributed by atoms with van der Waals surface area (Å²) in [4.78, 5) is 19.8. The molecule has 4 nitrogen and oxygen atoms in total. The van der Waals surface area contributed by atoms with E-state index in [1.54, 1.807) is 0 Å². The first-order valence-electron chi connectivity index (χ1n) is 9.49. The van der Waals surface area contributed by atoms with Crippen LogP contribution in [0.4, 0.5) is 5.69 Å². The number of aryl methyl sites for hydroxylation is 1. The highest BCUT2D eigenvalue weighted by atomic mass is 32.2. The van der Waals surface area contributed by atoms with Gasteiger partial charge in [0, 0.05) is 30.4 Å². The molecule has 1 aromatic rings. The lowest BCUT2D eigenvalue weighted by molar-refractivity contribution is -0.116. The van der Waals surface area contributed by atoms with Crippen LogP contribution >= 0.6 is 11.8 Å². The number of carbonyl (C=O) groups excluding carboxylic acids is 1. The monoisotopic (exact) mass is 359 g/mol. The van der Waals surface area contributed by atoms with Crippen molar-refractivity contribution in [2.45, 2.75) is 64.5 Å². The lowest BCUT2D eigenvalue weighted by atomic mass is 9.96.